The first-order valence-electron chi connectivity index (χ1n) is 11.6. The quantitative estimate of drug-likeness (QED) is 0.749. The van der Waals surface area contributed by atoms with E-state index in [1.807, 2.05) is 74.2 Å². The molecule has 2 aliphatic heterocycles. The smallest absolute Gasteiger partial charge is 0.240 e. The van der Waals surface area contributed by atoms with Gasteiger partial charge in [-0.15, -0.1) is 0 Å². The molecule has 1 saturated heterocycles. The molecule has 1 unspecified atom stereocenters. The van der Waals surface area contributed by atoms with E-state index in [1.165, 1.54) is 0 Å². The van der Waals surface area contributed by atoms with Crippen molar-refractivity contribution in [2.75, 3.05) is 23.8 Å². The monoisotopic (exact) mass is 447 g/mol. The Bertz CT molecular complexity index is 1100. The number of benzene rings is 2. The van der Waals surface area contributed by atoms with E-state index >= 15 is 0 Å². The van der Waals surface area contributed by atoms with Gasteiger partial charge in [0, 0.05) is 36.8 Å². The van der Waals surface area contributed by atoms with Gasteiger partial charge in [0.2, 0.25) is 17.7 Å². The number of carbonyl (C=O) groups excluding carboxylic acids is 3. The van der Waals surface area contributed by atoms with Crippen molar-refractivity contribution in [3.63, 3.8) is 0 Å². The lowest BCUT2D eigenvalue weighted by atomic mass is 9.72. The SMILES string of the molecule is CC(C)CN1C(=O)C[C@]2(C(=O)N(C)c3ccc(NC(=O)C(C)(C)C)cc32)C1c1ccccc1. The number of hydrogen-bond donors (Lipinski definition) is 1. The van der Waals surface area contributed by atoms with Crippen molar-refractivity contribution in [3.05, 3.63) is 59.7 Å². The van der Waals surface area contributed by atoms with Crippen LogP contribution in [-0.2, 0) is 19.8 Å². The van der Waals surface area contributed by atoms with Crippen molar-refractivity contribution in [1.29, 1.82) is 0 Å². The molecule has 6 heteroatoms. The van der Waals surface area contributed by atoms with Gasteiger partial charge in [-0.05, 0) is 35.2 Å². The van der Waals surface area contributed by atoms with Gasteiger partial charge in [-0.3, -0.25) is 14.4 Å². The largest absolute Gasteiger partial charge is 0.334 e. The first-order valence-corrected chi connectivity index (χ1v) is 11.6. The van der Waals surface area contributed by atoms with E-state index in [9.17, 15) is 14.4 Å². The summed E-state index contributed by atoms with van der Waals surface area (Å²) in [5.41, 5.74) is 1.59. The first-order chi connectivity index (χ1) is 15.5. The molecule has 0 bridgehead atoms. The summed E-state index contributed by atoms with van der Waals surface area (Å²) in [6, 6.07) is 15.0. The Morgan fingerprint density at radius 2 is 1.79 bits per heavy atom. The van der Waals surface area contributed by atoms with Crippen molar-refractivity contribution >= 4 is 29.1 Å². The van der Waals surface area contributed by atoms with Crippen LogP contribution in [0, 0.1) is 11.3 Å². The molecule has 6 nitrogen and oxygen atoms in total. The van der Waals surface area contributed by atoms with Gasteiger partial charge in [-0.25, -0.2) is 0 Å². The van der Waals surface area contributed by atoms with Gasteiger partial charge in [-0.2, -0.15) is 0 Å². The van der Waals surface area contributed by atoms with Gasteiger partial charge in [-0.1, -0.05) is 65.0 Å². The first kappa shape index (κ1) is 23.0. The van der Waals surface area contributed by atoms with Crippen LogP contribution in [0.5, 0.6) is 0 Å². The minimum absolute atomic E-state index is 0.0173. The summed E-state index contributed by atoms with van der Waals surface area (Å²) in [5.74, 6) is 0.0701. The topological polar surface area (TPSA) is 69.7 Å². The number of carbonyl (C=O) groups is 3. The molecule has 2 heterocycles. The molecule has 0 aliphatic carbocycles. The molecule has 2 aromatic rings. The summed E-state index contributed by atoms with van der Waals surface area (Å²) in [6.07, 6.45) is 0.117. The number of likely N-dealkylation sites (tertiary alicyclic amines) is 1. The molecule has 4 rings (SSSR count). The number of amides is 3. The molecule has 2 atom stereocenters. The van der Waals surface area contributed by atoms with Gasteiger partial charge in [0.1, 0.15) is 5.41 Å². The summed E-state index contributed by atoms with van der Waals surface area (Å²) in [6.45, 7) is 10.3. The van der Waals surface area contributed by atoms with E-state index in [0.29, 0.717) is 12.2 Å². The minimum Gasteiger partial charge on any atom is -0.334 e. The highest BCUT2D eigenvalue weighted by Crippen LogP contribution is 2.57. The van der Waals surface area contributed by atoms with Crippen LogP contribution in [0.2, 0.25) is 0 Å². The van der Waals surface area contributed by atoms with Gasteiger partial charge in [0.15, 0.2) is 0 Å². The Kier molecular flexibility index (Phi) is 5.59. The third kappa shape index (κ3) is 3.71. The van der Waals surface area contributed by atoms with E-state index in [1.54, 1.807) is 11.9 Å². The average Bonchev–Trinajstić information content (AvgIpc) is 3.14. The van der Waals surface area contributed by atoms with Crippen LogP contribution >= 0.6 is 0 Å². The Morgan fingerprint density at radius 1 is 1.12 bits per heavy atom. The second-order valence-electron chi connectivity index (χ2n) is 10.7. The van der Waals surface area contributed by atoms with Crippen LogP contribution < -0.4 is 10.2 Å². The number of rotatable bonds is 4. The van der Waals surface area contributed by atoms with E-state index in [-0.39, 0.29) is 30.1 Å². The summed E-state index contributed by atoms with van der Waals surface area (Å²) >= 11 is 0. The number of fused-ring (bicyclic) bond motifs is 2. The summed E-state index contributed by atoms with van der Waals surface area (Å²) in [4.78, 5) is 43.5. The zero-order valence-electron chi connectivity index (χ0n) is 20.3. The highest BCUT2D eigenvalue weighted by molar-refractivity contribution is 6.12. The molecule has 1 fully saturated rings. The van der Waals surface area contributed by atoms with Crippen LogP contribution in [-0.4, -0.2) is 36.2 Å². The van der Waals surface area contributed by atoms with E-state index in [4.69, 9.17) is 0 Å². The van der Waals surface area contributed by atoms with Gasteiger partial charge in [0.05, 0.1) is 6.04 Å². The van der Waals surface area contributed by atoms with Crippen molar-refractivity contribution in [3.8, 4) is 0 Å². The molecule has 1 spiro atoms. The Hall–Kier alpha value is -3.15. The average molecular weight is 448 g/mol. The van der Waals surface area contributed by atoms with Crippen LogP contribution in [0.3, 0.4) is 0 Å². The molecule has 0 radical (unpaired) electrons. The van der Waals surface area contributed by atoms with Gasteiger partial charge < -0.3 is 15.1 Å². The van der Waals surface area contributed by atoms with Gasteiger partial charge in [0.25, 0.3) is 0 Å². The molecule has 1 N–H and O–H groups in total. The summed E-state index contributed by atoms with van der Waals surface area (Å²) < 4.78 is 0. The number of nitrogens with one attached hydrogen (secondary N) is 1. The molecule has 3 amide bonds. The molecule has 174 valence electrons. The van der Waals surface area contributed by atoms with Gasteiger partial charge >= 0.3 is 0 Å². The number of nitrogens with zero attached hydrogens (tertiary/aromatic N) is 2. The zero-order chi connectivity index (χ0) is 24.1. The normalized spacial score (nSPS) is 22.5. The fourth-order valence-corrected chi connectivity index (χ4v) is 5.09. The van der Waals surface area contributed by atoms with Crippen LogP contribution in [0.15, 0.2) is 48.5 Å². The summed E-state index contributed by atoms with van der Waals surface area (Å²) in [7, 11) is 1.76. The highest BCUT2D eigenvalue weighted by Gasteiger charge is 2.63. The van der Waals surface area contributed by atoms with Crippen LogP contribution in [0.25, 0.3) is 0 Å². The molecule has 2 aliphatic rings. The Labute approximate surface area is 196 Å². The maximum Gasteiger partial charge on any atom is 0.240 e. The molecule has 2 aromatic carbocycles. The standard InChI is InChI=1S/C27H33N3O3/c1-17(2)16-30-22(31)15-27(23(30)18-10-8-7-9-11-18)20-14-19(28-24(32)26(3,4)5)12-13-21(20)29(6)25(27)33/h7-14,17,23H,15-16H2,1-6H3,(H,28,32)/t23?,27-/m1/s1. The molecule has 0 saturated carbocycles. The molecular formula is C27H33N3O3. The fourth-order valence-electron chi connectivity index (χ4n) is 5.09. The molecule has 0 aromatic heterocycles. The van der Waals surface area contributed by atoms with E-state index < -0.39 is 16.9 Å². The van der Waals surface area contributed by atoms with E-state index in [0.717, 1.165) is 16.8 Å². The Balaban J connectivity index is 1.89. The minimum atomic E-state index is -1.03. The van der Waals surface area contributed by atoms with Crippen molar-refractivity contribution in [2.45, 2.75) is 52.5 Å². The second kappa shape index (κ2) is 8.01. The summed E-state index contributed by atoms with van der Waals surface area (Å²) in [5, 5.41) is 2.99. The lowest BCUT2D eigenvalue weighted by molar-refractivity contribution is -0.129. The lowest BCUT2D eigenvalue weighted by Gasteiger charge is -2.35. The number of hydrogen-bond acceptors (Lipinski definition) is 3. The predicted octanol–water partition coefficient (Wildman–Crippen LogP) is 4.52. The Morgan fingerprint density at radius 3 is 2.39 bits per heavy atom. The zero-order valence-corrected chi connectivity index (χ0v) is 20.3. The molecule has 33 heavy (non-hydrogen) atoms. The molecular weight excluding hydrogens is 414 g/mol. The third-order valence-corrected chi connectivity index (χ3v) is 6.67. The third-order valence-electron chi connectivity index (χ3n) is 6.67. The maximum atomic E-state index is 13.9. The van der Waals surface area contributed by atoms with Crippen molar-refractivity contribution < 1.29 is 14.4 Å². The fraction of sp³-hybridized carbons (Fsp3) is 0.444. The predicted molar refractivity (Wildman–Crippen MR) is 130 cm³/mol. The number of anilines is 2. The lowest BCUT2D eigenvalue weighted by Crippen LogP contribution is -2.44. The number of likely N-dealkylation sites (N-methyl/N-ethyl adjacent to an activating group) is 1. The van der Waals surface area contributed by atoms with Crippen molar-refractivity contribution in [2.24, 2.45) is 11.3 Å². The second-order valence-corrected chi connectivity index (χ2v) is 10.7. The maximum absolute atomic E-state index is 13.9. The van der Waals surface area contributed by atoms with Crippen LogP contribution in [0.1, 0.15) is 58.2 Å². The van der Waals surface area contributed by atoms with Crippen molar-refractivity contribution in [1.82, 2.24) is 4.90 Å². The van der Waals surface area contributed by atoms with E-state index in [2.05, 4.69) is 19.2 Å². The highest BCUT2D eigenvalue weighted by atomic mass is 16.2. The van der Waals surface area contributed by atoms with Crippen LogP contribution in [0.4, 0.5) is 11.4 Å².